The van der Waals surface area contributed by atoms with E-state index in [2.05, 4.69) is 0 Å². The second-order valence-electron chi connectivity index (χ2n) is 6.64. The number of carboxylic acid groups (broad SMARTS) is 1. The lowest BCUT2D eigenvalue weighted by Crippen LogP contribution is -2.31. The minimum Gasteiger partial charge on any atom is -0.478 e. The van der Waals surface area contributed by atoms with Gasteiger partial charge in [-0.05, 0) is 31.4 Å². The van der Waals surface area contributed by atoms with Crippen LogP contribution in [-0.2, 0) is 15.6 Å². The third kappa shape index (κ3) is 2.92. The van der Waals surface area contributed by atoms with Crippen molar-refractivity contribution in [2.24, 2.45) is 0 Å². The van der Waals surface area contributed by atoms with Crippen LogP contribution in [0.5, 0.6) is 11.5 Å². The quantitative estimate of drug-likeness (QED) is 0.868. The van der Waals surface area contributed by atoms with Crippen LogP contribution in [0.1, 0.15) is 35.2 Å². The average molecular weight is 373 g/mol. The smallest absolute Gasteiger partial charge is 0.337 e. The first-order chi connectivity index (χ1) is 12.5. The summed E-state index contributed by atoms with van der Waals surface area (Å²) in [6.07, 6.45) is 3.08. The van der Waals surface area contributed by atoms with Gasteiger partial charge in [0.15, 0.2) is 9.84 Å². The summed E-state index contributed by atoms with van der Waals surface area (Å²) in [5.41, 5.74) is 1.09. The van der Waals surface area contributed by atoms with Crippen molar-refractivity contribution < 1.29 is 23.1 Å². The zero-order valence-electron chi connectivity index (χ0n) is 14.1. The Balaban J connectivity index is 1.91. The number of sulfone groups is 1. The minimum absolute atomic E-state index is 0.00350. The molecule has 0 aliphatic carbocycles. The van der Waals surface area contributed by atoms with E-state index in [1.807, 2.05) is 4.90 Å². The van der Waals surface area contributed by atoms with Crippen molar-refractivity contribution in [3.63, 3.8) is 0 Å². The Hall–Kier alpha value is -2.54. The maximum absolute atomic E-state index is 12.8. The molecule has 26 heavy (non-hydrogen) atoms. The molecule has 0 unspecified atom stereocenters. The van der Waals surface area contributed by atoms with Crippen LogP contribution in [0.2, 0.25) is 0 Å². The maximum Gasteiger partial charge on any atom is 0.337 e. The molecule has 2 aliphatic rings. The number of para-hydroxylation sites is 1. The summed E-state index contributed by atoms with van der Waals surface area (Å²) >= 11 is 0. The fourth-order valence-corrected chi connectivity index (χ4v) is 5.07. The zero-order chi connectivity index (χ0) is 18.3. The number of carboxylic acids is 1. The van der Waals surface area contributed by atoms with Crippen molar-refractivity contribution in [3.8, 4) is 11.5 Å². The third-order valence-corrected chi connectivity index (χ3v) is 6.54. The fourth-order valence-electron chi connectivity index (χ4n) is 3.56. The largest absolute Gasteiger partial charge is 0.478 e. The van der Waals surface area contributed by atoms with Crippen molar-refractivity contribution >= 4 is 21.5 Å². The van der Waals surface area contributed by atoms with Gasteiger partial charge in [0.05, 0.1) is 17.0 Å². The van der Waals surface area contributed by atoms with E-state index in [9.17, 15) is 18.3 Å². The predicted molar refractivity (Wildman–Crippen MR) is 96.9 cm³/mol. The van der Waals surface area contributed by atoms with Gasteiger partial charge in [0.2, 0.25) is 0 Å². The molecule has 2 aliphatic heterocycles. The van der Waals surface area contributed by atoms with Crippen molar-refractivity contribution in [3.05, 3.63) is 47.5 Å². The van der Waals surface area contributed by atoms with Gasteiger partial charge in [0.25, 0.3) is 0 Å². The van der Waals surface area contributed by atoms with Crippen LogP contribution in [0.3, 0.4) is 0 Å². The first kappa shape index (κ1) is 16.9. The van der Waals surface area contributed by atoms with Gasteiger partial charge in [-0.1, -0.05) is 18.2 Å². The highest BCUT2D eigenvalue weighted by Crippen LogP contribution is 2.41. The summed E-state index contributed by atoms with van der Waals surface area (Å²) in [5.74, 6) is -0.661. The van der Waals surface area contributed by atoms with Crippen LogP contribution in [0, 0.1) is 0 Å². The molecule has 0 amide bonds. The van der Waals surface area contributed by atoms with E-state index >= 15 is 0 Å². The highest BCUT2D eigenvalue weighted by atomic mass is 32.2. The standard InChI is InChI=1S/C19H19NO5S/c21-19(22)14-10-18-17(11-15(14)20-8-4-1-5-9-20)25-16-7-3-2-6-13(16)12-26(18,23)24/h2-3,6-7,10-11H,1,4-5,8-9,12H2,(H,21,22). The Bertz CT molecular complexity index is 977. The predicted octanol–water partition coefficient (Wildman–Crippen LogP) is 3.45. The molecule has 2 heterocycles. The molecule has 1 N–H and O–H groups in total. The van der Waals surface area contributed by atoms with E-state index in [-0.39, 0.29) is 22.0 Å². The number of hydrogen-bond acceptors (Lipinski definition) is 5. The monoisotopic (exact) mass is 373 g/mol. The highest BCUT2D eigenvalue weighted by molar-refractivity contribution is 7.90. The molecular weight excluding hydrogens is 354 g/mol. The second kappa shape index (κ2) is 6.32. The van der Waals surface area contributed by atoms with Crippen molar-refractivity contribution in [1.29, 1.82) is 0 Å². The number of piperidine rings is 1. The molecule has 0 atom stereocenters. The van der Waals surface area contributed by atoms with Crippen molar-refractivity contribution in [1.82, 2.24) is 0 Å². The molecule has 0 radical (unpaired) electrons. The van der Waals surface area contributed by atoms with Crippen LogP contribution in [-0.4, -0.2) is 32.6 Å². The topological polar surface area (TPSA) is 83.9 Å². The van der Waals surface area contributed by atoms with E-state index in [1.54, 1.807) is 30.3 Å². The number of benzene rings is 2. The Labute approximate surface area is 151 Å². The summed E-state index contributed by atoms with van der Waals surface area (Å²) in [4.78, 5) is 13.7. The Kier molecular flexibility index (Phi) is 4.11. The van der Waals surface area contributed by atoms with Gasteiger partial charge in [-0.2, -0.15) is 0 Å². The van der Waals surface area contributed by atoms with Crippen LogP contribution in [0.25, 0.3) is 0 Å². The molecule has 1 fully saturated rings. The molecule has 0 saturated carbocycles. The van der Waals surface area contributed by atoms with E-state index in [0.717, 1.165) is 32.4 Å². The Morgan fingerprint density at radius 1 is 1.04 bits per heavy atom. The molecule has 7 heteroatoms. The molecule has 136 valence electrons. The number of aromatic carboxylic acids is 1. The highest BCUT2D eigenvalue weighted by Gasteiger charge is 2.30. The average Bonchev–Trinajstić information content (AvgIpc) is 2.74. The third-order valence-electron chi connectivity index (χ3n) is 4.86. The Morgan fingerprint density at radius 2 is 1.77 bits per heavy atom. The van der Waals surface area contributed by atoms with E-state index < -0.39 is 15.8 Å². The van der Waals surface area contributed by atoms with Gasteiger partial charge in [0.1, 0.15) is 16.4 Å². The molecular formula is C19H19NO5S. The second-order valence-corrected chi connectivity index (χ2v) is 8.60. The number of carbonyl (C=O) groups is 1. The minimum atomic E-state index is -3.70. The first-order valence-electron chi connectivity index (χ1n) is 8.60. The summed E-state index contributed by atoms with van der Waals surface area (Å²) < 4.78 is 31.6. The van der Waals surface area contributed by atoms with Crippen molar-refractivity contribution in [2.75, 3.05) is 18.0 Å². The number of nitrogens with zero attached hydrogens (tertiary/aromatic N) is 1. The lowest BCUT2D eigenvalue weighted by Gasteiger charge is -2.30. The number of rotatable bonds is 2. The van der Waals surface area contributed by atoms with Gasteiger partial charge >= 0.3 is 5.97 Å². The van der Waals surface area contributed by atoms with E-state index in [4.69, 9.17) is 4.74 Å². The molecule has 2 aromatic carbocycles. The number of ether oxygens (including phenoxy) is 1. The van der Waals surface area contributed by atoms with Gasteiger partial charge < -0.3 is 14.7 Å². The number of hydrogen-bond donors (Lipinski definition) is 1. The first-order valence-corrected chi connectivity index (χ1v) is 10.3. The molecule has 0 spiro atoms. The molecule has 1 saturated heterocycles. The summed E-state index contributed by atoms with van der Waals surface area (Å²) in [7, 11) is -3.70. The van der Waals surface area contributed by atoms with E-state index in [1.165, 1.54) is 6.07 Å². The molecule has 4 rings (SSSR count). The zero-order valence-corrected chi connectivity index (χ0v) is 15.0. The van der Waals surface area contributed by atoms with Crippen LogP contribution in [0.4, 0.5) is 5.69 Å². The van der Waals surface area contributed by atoms with Gasteiger partial charge in [0, 0.05) is 24.7 Å². The van der Waals surface area contributed by atoms with Crippen LogP contribution in [0.15, 0.2) is 41.3 Å². The van der Waals surface area contributed by atoms with Crippen molar-refractivity contribution in [2.45, 2.75) is 29.9 Å². The SMILES string of the molecule is O=C(O)c1cc2c(cc1N1CCCCC1)Oc1ccccc1CS2(=O)=O. The lowest BCUT2D eigenvalue weighted by atomic mass is 10.1. The summed E-state index contributed by atoms with van der Waals surface area (Å²) in [6, 6.07) is 9.81. The molecule has 6 nitrogen and oxygen atoms in total. The van der Waals surface area contributed by atoms with Gasteiger partial charge in [-0.3, -0.25) is 0 Å². The summed E-state index contributed by atoms with van der Waals surface area (Å²) in [5, 5.41) is 9.65. The number of anilines is 1. The molecule has 0 bridgehead atoms. The lowest BCUT2D eigenvalue weighted by molar-refractivity contribution is 0.0697. The normalized spacial score (nSPS) is 18.2. The van der Waals surface area contributed by atoms with Crippen LogP contribution < -0.4 is 9.64 Å². The molecule has 0 aromatic heterocycles. The van der Waals surface area contributed by atoms with Crippen LogP contribution >= 0.6 is 0 Å². The van der Waals surface area contributed by atoms with Gasteiger partial charge in [-0.25, -0.2) is 13.2 Å². The maximum atomic E-state index is 12.8. The molecule has 2 aromatic rings. The van der Waals surface area contributed by atoms with E-state index in [0.29, 0.717) is 17.0 Å². The summed E-state index contributed by atoms with van der Waals surface area (Å²) in [6.45, 7) is 1.50. The number of fused-ring (bicyclic) bond motifs is 2. The Morgan fingerprint density at radius 3 is 2.50 bits per heavy atom. The fraction of sp³-hybridized carbons (Fsp3) is 0.316. The van der Waals surface area contributed by atoms with Gasteiger partial charge in [-0.15, -0.1) is 0 Å².